The maximum absolute atomic E-state index is 13.4. The van der Waals surface area contributed by atoms with Gasteiger partial charge in [0.15, 0.2) is 17.9 Å². The highest BCUT2D eigenvalue weighted by Crippen LogP contribution is 2.28. The molecule has 1 fully saturated rings. The molecule has 0 bridgehead atoms. The second-order valence-electron chi connectivity index (χ2n) is 6.93. The Balaban J connectivity index is 1.53. The van der Waals surface area contributed by atoms with Gasteiger partial charge in [-0.05, 0) is 36.1 Å². The molecule has 2 nitrogen and oxygen atoms in total. The zero-order valence-electron chi connectivity index (χ0n) is 15.7. The first-order valence-corrected chi connectivity index (χ1v) is 9.62. The van der Waals surface area contributed by atoms with Gasteiger partial charge in [-0.2, -0.15) is 0 Å². The highest BCUT2D eigenvalue weighted by atomic mass is 19.2. The van der Waals surface area contributed by atoms with E-state index in [1.807, 2.05) is 24.3 Å². The maximum Gasteiger partial charge on any atom is 0.183 e. The molecule has 0 radical (unpaired) electrons. The van der Waals surface area contributed by atoms with Crippen molar-refractivity contribution >= 4 is 0 Å². The number of halogens is 2. The molecule has 27 heavy (non-hydrogen) atoms. The topological polar surface area (TPSA) is 18.5 Å². The zero-order chi connectivity index (χ0) is 19.1. The summed E-state index contributed by atoms with van der Waals surface area (Å²) in [5, 5.41) is 0. The predicted molar refractivity (Wildman–Crippen MR) is 103 cm³/mol. The molecule has 1 heterocycles. The Labute approximate surface area is 159 Å². The normalized spacial score (nSPS) is 20.3. The lowest BCUT2D eigenvalue weighted by molar-refractivity contribution is -0.197. The molecule has 2 aromatic rings. The summed E-state index contributed by atoms with van der Waals surface area (Å²) in [6.45, 7) is 3.48. The Kier molecular flexibility index (Phi) is 7.13. The van der Waals surface area contributed by atoms with Crippen molar-refractivity contribution in [2.24, 2.45) is 5.92 Å². The molecule has 1 aliphatic heterocycles. The van der Waals surface area contributed by atoms with Crippen LogP contribution in [0.2, 0.25) is 0 Å². The first-order chi connectivity index (χ1) is 13.2. The largest absolute Gasteiger partial charge is 0.348 e. The van der Waals surface area contributed by atoms with E-state index in [4.69, 9.17) is 9.47 Å². The average molecular weight is 372 g/mol. The Morgan fingerprint density at radius 3 is 2.30 bits per heavy atom. The van der Waals surface area contributed by atoms with Crippen LogP contribution in [0, 0.1) is 17.6 Å². The quantitative estimate of drug-likeness (QED) is 0.412. The number of unbranched alkanes of at least 4 members (excludes halogenated alkanes) is 3. The Hall–Kier alpha value is -2.04. The predicted octanol–water partition coefficient (Wildman–Crippen LogP) is 6.43. The molecular formula is C23H26F2O2. The van der Waals surface area contributed by atoms with Gasteiger partial charge in [0.05, 0.1) is 13.2 Å². The van der Waals surface area contributed by atoms with Gasteiger partial charge in [-0.15, -0.1) is 0 Å². The highest BCUT2D eigenvalue weighted by molar-refractivity contribution is 5.63. The van der Waals surface area contributed by atoms with Gasteiger partial charge in [0.1, 0.15) is 0 Å². The van der Waals surface area contributed by atoms with Crippen LogP contribution in [-0.4, -0.2) is 13.2 Å². The molecule has 4 heteroatoms. The molecule has 3 rings (SSSR count). The van der Waals surface area contributed by atoms with Crippen molar-refractivity contribution in [3.63, 3.8) is 0 Å². The Morgan fingerprint density at radius 1 is 0.926 bits per heavy atom. The molecule has 1 saturated heterocycles. The van der Waals surface area contributed by atoms with Crippen LogP contribution in [0.4, 0.5) is 8.78 Å². The van der Waals surface area contributed by atoms with Crippen molar-refractivity contribution in [3.05, 3.63) is 71.8 Å². The lowest BCUT2D eigenvalue weighted by Gasteiger charge is -2.28. The van der Waals surface area contributed by atoms with E-state index in [2.05, 4.69) is 19.1 Å². The molecule has 1 aliphatic rings. The fourth-order valence-corrected chi connectivity index (χ4v) is 3.13. The number of benzene rings is 2. The average Bonchev–Trinajstić information content (AvgIpc) is 2.71. The van der Waals surface area contributed by atoms with Crippen LogP contribution in [0.1, 0.15) is 44.5 Å². The van der Waals surface area contributed by atoms with Crippen molar-refractivity contribution in [3.8, 4) is 11.1 Å². The molecule has 0 N–H and O–H groups in total. The molecular weight excluding hydrogens is 346 g/mol. The minimum atomic E-state index is -0.843. The fraction of sp³-hybridized carbons (Fsp3) is 0.391. The van der Waals surface area contributed by atoms with E-state index in [0.717, 1.165) is 23.6 Å². The standard InChI is InChI=1S/C23H26F2O2/c1-2-3-4-5-6-7-17-15-26-23(27-16-17)19-10-8-18(9-11-19)20-12-13-21(24)22(25)14-20/h6-14,17,23H,2-5,15-16H2,1H3. The summed E-state index contributed by atoms with van der Waals surface area (Å²) in [7, 11) is 0. The summed E-state index contributed by atoms with van der Waals surface area (Å²) in [4.78, 5) is 0. The number of hydrogen-bond acceptors (Lipinski definition) is 2. The summed E-state index contributed by atoms with van der Waals surface area (Å²) in [5.74, 6) is -1.39. The summed E-state index contributed by atoms with van der Waals surface area (Å²) in [5.41, 5.74) is 2.38. The second-order valence-corrected chi connectivity index (χ2v) is 6.93. The van der Waals surface area contributed by atoms with Crippen molar-refractivity contribution in [2.75, 3.05) is 13.2 Å². The molecule has 0 unspecified atom stereocenters. The van der Waals surface area contributed by atoms with E-state index in [1.165, 1.54) is 25.3 Å². The van der Waals surface area contributed by atoms with Crippen molar-refractivity contribution in [2.45, 2.75) is 38.9 Å². The SMILES string of the molecule is CCCCCC=CC1COC(c2ccc(-c3ccc(F)c(F)c3)cc2)OC1. The first kappa shape index (κ1) is 19.7. The lowest BCUT2D eigenvalue weighted by atomic mass is 10.0. The lowest BCUT2D eigenvalue weighted by Crippen LogP contribution is -2.25. The van der Waals surface area contributed by atoms with Crippen LogP contribution in [0.25, 0.3) is 11.1 Å². The van der Waals surface area contributed by atoms with Gasteiger partial charge in [-0.1, -0.05) is 62.2 Å². The van der Waals surface area contributed by atoms with E-state index in [0.29, 0.717) is 24.7 Å². The van der Waals surface area contributed by atoms with Gasteiger partial charge >= 0.3 is 0 Å². The van der Waals surface area contributed by atoms with E-state index >= 15 is 0 Å². The van der Waals surface area contributed by atoms with Crippen molar-refractivity contribution < 1.29 is 18.3 Å². The first-order valence-electron chi connectivity index (χ1n) is 9.62. The van der Waals surface area contributed by atoms with Crippen LogP contribution >= 0.6 is 0 Å². The molecule has 0 aliphatic carbocycles. The second kappa shape index (κ2) is 9.77. The van der Waals surface area contributed by atoms with Crippen molar-refractivity contribution in [1.82, 2.24) is 0 Å². The fourth-order valence-electron chi connectivity index (χ4n) is 3.13. The third-order valence-corrected chi connectivity index (χ3v) is 4.74. The van der Waals surface area contributed by atoms with E-state index in [1.54, 1.807) is 6.07 Å². The third-order valence-electron chi connectivity index (χ3n) is 4.74. The molecule has 0 amide bonds. The van der Waals surface area contributed by atoms with Gasteiger partial charge < -0.3 is 9.47 Å². The Morgan fingerprint density at radius 2 is 1.63 bits per heavy atom. The smallest absolute Gasteiger partial charge is 0.183 e. The monoisotopic (exact) mass is 372 g/mol. The zero-order valence-corrected chi connectivity index (χ0v) is 15.7. The van der Waals surface area contributed by atoms with Gasteiger partial charge in [-0.25, -0.2) is 8.78 Å². The highest BCUT2D eigenvalue weighted by Gasteiger charge is 2.22. The summed E-state index contributed by atoms with van der Waals surface area (Å²) < 4.78 is 38.2. The number of rotatable bonds is 7. The number of hydrogen-bond donors (Lipinski definition) is 0. The Bertz CT molecular complexity index is 747. The van der Waals surface area contributed by atoms with E-state index < -0.39 is 11.6 Å². The molecule has 2 aromatic carbocycles. The van der Waals surface area contributed by atoms with Gasteiger partial charge in [0.25, 0.3) is 0 Å². The summed E-state index contributed by atoms with van der Waals surface area (Å²) in [6, 6.07) is 11.5. The van der Waals surface area contributed by atoms with Crippen LogP contribution in [-0.2, 0) is 9.47 Å². The molecule has 0 spiro atoms. The molecule has 144 valence electrons. The molecule has 0 aromatic heterocycles. The number of allylic oxidation sites excluding steroid dienone is 1. The third kappa shape index (κ3) is 5.47. The van der Waals surface area contributed by atoms with Crippen LogP contribution in [0.15, 0.2) is 54.6 Å². The van der Waals surface area contributed by atoms with Crippen LogP contribution in [0.5, 0.6) is 0 Å². The van der Waals surface area contributed by atoms with E-state index in [9.17, 15) is 8.78 Å². The van der Waals surface area contributed by atoms with Gasteiger partial charge in [0, 0.05) is 11.5 Å². The minimum Gasteiger partial charge on any atom is -0.348 e. The summed E-state index contributed by atoms with van der Waals surface area (Å²) in [6.07, 6.45) is 8.88. The van der Waals surface area contributed by atoms with Crippen LogP contribution < -0.4 is 0 Å². The van der Waals surface area contributed by atoms with Crippen molar-refractivity contribution in [1.29, 1.82) is 0 Å². The minimum absolute atomic E-state index is 0.296. The van der Waals surface area contributed by atoms with Gasteiger partial charge in [-0.3, -0.25) is 0 Å². The molecule has 0 atom stereocenters. The molecule has 0 saturated carbocycles. The van der Waals surface area contributed by atoms with Crippen LogP contribution in [0.3, 0.4) is 0 Å². The summed E-state index contributed by atoms with van der Waals surface area (Å²) >= 11 is 0. The number of ether oxygens (including phenoxy) is 2. The van der Waals surface area contributed by atoms with E-state index in [-0.39, 0.29) is 6.29 Å². The maximum atomic E-state index is 13.4. The van der Waals surface area contributed by atoms with Gasteiger partial charge in [0.2, 0.25) is 0 Å².